The monoisotopic (exact) mass is 156 g/mol. The molecular formula is C5H8N4O2. The van der Waals surface area contributed by atoms with Crippen molar-refractivity contribution in [3.8, 4) is 0 Å². The number of hydrogen-bond donors (Lipinski definition) is 4. The van der Waals surface area contributed by atoms with Gasteiger partial charge in [0, 0.05) is 0 Å². The molecular weight excluding hydrogens is 148 g/mol. The van der Waals surface area contributed by atoms with Crippen LogP contribution in [0.15, 0.2) is 12.1 Å². The summed E-state index contributed by atoms with van der Waals surface area (Å²) in [6, 6.07) is 2.75. The van der Waals surface area contributed by atoms with E-state index in [4.69, 9.17) is 21.9 Å². The Morgan fingerprint density at radius 3 is 2.36 bits per heavy atom. The number of anilines is 3. The van der Waals surface area contributed by atoms with Crippen molar-refractivity contribution in [2.24, 2.45) is 0 Å². The topological polar surface area (TPSA) is 109 Å². The number of hydrogen-bond acceptors (Lipinski definition) is 6. The number of nitrogens with two attached hydrogens (primary N) is 2. The van der Waals surface area contributed by atoms with Gasteiger partial charge in [0.15, 0.2) is 5.82 Å². The highest BCUT2D eigenvalue weighted by atomic mass is 16.8. The molecule has 0 aromatic carbocycles. The summed E-state index contributed by atoms with van der Waals surface area (Å²) in [5.74, 6) is 0.197. The minimum Gasteiger partial charge on any atom is -0.384 e. The van der Waals surface area contributed by atoms with Crippen molar-refractivity contribution in [3.63, 3.8) is 0 Å². The average molecular weight is 156 g/mol. The van der Waals surface area contributed by atoms with E-state index in [-0.39, 0.29) is 22.5 Å². The summed E-state index contributed by atoms with van der Waals surface area (Å²) >= 11 is 0. The zero-order valence-electron chi connectivity index (χ0n) is 5.60. The van der Waals surface area contributed by atoms with Gasteiger partial charge in [0.1, 0.15) is 11.5 Å². The summed E-state index contributed by atoms with van der Waals surface area (Å²) in [6.45, 7) is 0. The molecule has 6 nitrogen and oxygen atoms in total. The van der Waals surface area contributed by atoms with E-state index in [2.05, 4.69) is 4.98 Å². The van der Waals surface area contributed by atoms with Gasteiger partial charge in [-0.1, -0.05) is 0 Å². The van der Waals surface area contributed by atoms with E-state index in [1.54, 1.807) is 0 Å². The quantitative estimate of drug-likeness (QED) is 0.420. The zero-order valence-corrected chi connectivity index (χ0v) is 5.60. The van der Waals surface area contributed by atoms with Crippen molar-refractivity contribution in [3.05, 3.63) is 12.1 Å². The largest absolute Gasteiger partial charge is 0.384 e. The first-order chi connectivity index (χ1) is 5.11. The molecule has 0 bridgehead atoms. The molecule has 0 atom stereocenters. The Labute approximate surface area is 62.6 Å². The fraction of sp³-hybridized carbons (Fsp3) is 0. The Morgan fingerprint density at radius 2 is 1.91 bits per heavy atom. The number of rotatable bonds is 1. The second-order valence-corrected chi connectivity index (χ2v) is 1.93. The van der Waals surface area contributed by atoms with Crippen LogP contribution in [-0.2, 0) is 0 Å². The second-order valence-electron chi connectivity index (χ2n) is 1.93. The first-order valence-corrected chi connectivity index (χ1v) is 2.81. The number of aromatic nitrogens is 1. The standard InChI is InChI=1S/C5H8N4O2/c6-4-2-1-3(9(10)11)5(7)8-4/h1-2,10-11H,(H4,6,7,8). The van der Waals surface area contributed by atoms with Crippen LogP contribution in [0.3, 0.4) is 0 Å². The van der Waals surface area contributed by atoms with E-state index < -0.39 is 0 Å². The molecule has 0 radical (unpaired) electrons. The van der Waals surface area contributed by atoms with Crippen LogP contribution in [0.5, 0.6) is 0 Å². The Balaban J connectivity index is 3.09. The molecule has 0 fully saturated rings. The molecule has 0 amide bonds. The maximum atomic E-state index is 8.52. The lowest BCUT2D eigenvalue weighted by Crippen LogP contribution is -2.14. The Morgan fingerprint density at radius 1 is 1.27 bits per heavy atom. The highest BCUT2D eigenvalue weighted by molar-refractivity contribution is 5.62. The normalized spacial score (nSPS) is 9.64. The van der Waals surface area contributed by atoms with Crippen molar-refractivity contribution in [2.75, 3.05) is 16.7 Å². The first kappa shape index (κ1) is 7.58. The van der Waals surface area contributed by atoms with Crippen molar-refractivity contribution in [1.29, 1.82) is 0 Å². The van der Waals surface area contributed by atoms with Crippen LogP contribution < -0.4 is 16.7 Å². The van der Waals surface area contributed by atoms with Crippen molar-refractivity contribution >= 4 is 17.3 Å². The van der Waals surface area contributed by atoms with Gasteiger partial charge in [-0.3, -0.25) is 10.4 Å². The van der Waals surface area contributed by atoms with E-state index >= 15 is 0 Å². The first-order valence-electron chi connectivity index (χ1n) is 2.81. The van der Waals surface area contributed by atoms with Gasteiger partial charge in [0.05, 0.1) is 0 Å². The third kappa shape index (κ3) is 1.48. The minimum absolute atomic E-state index is 0.000741. The van der Waals surface area contributed by atoms with E-state index in [1.807, 2.05) is 0 Å². The van der Waals surface area contributed by atoms with E-state index in [1.165, 1.54) is 12.1 Å². The molecule has 11 heavy (non-hydrogen) atoms. The van der Waals surface area contributed by atoms with Gasteiger partial charge in [-0.05, 0) is 12.1 Å². The Hall–Kier alpha value is -1.53. The molecule has 0 saturated heterocycles. The van der Waals surface area contributed by atoms with Gasteiger partial charge in [-0.2, -0.15) is 0 Å². The van der Waals surface area contributed by atoms with Crippen LogP contribution >= 0.6 is 0 Å². The third-order valence-corrected chi connectivity index (χ3v) is 1.14. The van der Waals surface area contributed by atoms with Crippen LogP contribution in [-0.4, -0.2) is 15.4 Å². The smallest absolute Gasteiger partial charge is 0.154 e. The summed E-state index contributed by atoms with van der Waals surface area (Å²) in [5.41, 5.74) is 10.5. The Kier molecular flexibility index (Phi) is 1.79. The Bertz CT molecular complexity index is 263. The highest BCUT2D eigenvalue weighted by Crippen LogP contribution is 2.18. The molecule has 0 aliphatic heterocycles. The molecule has 1 aromatic rings. The number of nitrogens with zero attached hydrogens (tertiary/aromatic N) is 2. The van der Waals surface area contributed by atoms with Gasteiger partial charge in [-0.25, -0.2) is 4.98 Å². The molecule has 6 N–H and O–H groups in total. The van der Waals surface area contributed by atoms with Gasteiger partial charge in [0.25, 0.3) is 0 Å². The predicted molar refractivity (Wildman–Crippen MR) is 39.1 cm³/mol. The molecule has 6 heteroatoms. The van der Waals surface area contributed by atoms with Gasteiger partial charge in [-0.15, -0.1) is 5.23 Å². The maximum absolute atomic E-state index is 8.52. The number of pyridine rings is 1. The van der Waals surface area contributed by atoms with Crippen molar-refractivity contribution in [1.82, 2.24) is 4.98 Å². The lowest BCUT2D eigenvalue weighted by molar-refractivity contribution is 0.0294. The lowest BCUT2D eigenvalue weighted by atomic mass is 10.4. The highest BCUT2D eigenvalue weighted by Gasteiger charge is 2.04. The maximum Gasteiger partial charge on any atom is 0.154 e. The average Bonchev–Trinajstić information content (AvgIpc) is 1.85. The summed E-state index contributed by atoms with van der Waals surface area (Å²) in [5, 5.41) is 16.9. The van der Waals surface area contributed by atoms with Gasteiger partial charge >= 0.3 is 0 Å². The fourth-order valence-electron chi connectivity index (χ4n) is 0.652. The van der Waals surface area contributed by atoms with E-state index in [0.29, 0.717) is 0 Å². The molecule has 0 unspecified atom stereocenters. The molecule has 0 saturated carbocycles. The van der Waals surface area contributed by atoms with Crippen LogP contribution in [0, 0.1) is 0 Å². The van der Waals surface area contributed by atoms with Crippen molar-refractivity contribution < 1.29 is 10.4 Å². The lowest BCUT2D eigenvalue weighted by Gasteiger charge is -2.09. The summed E-state index contributed by atoms with van der Waals surface area (Å²) < 4.78 is 0. The van der Waals surface area contributed by atoms with Crippen molar-refractivity contribution in [2.45, 2.75) is 0 Å². The van der Waals surface area contributed by atoms with Crippen LogP contribution in [0.25, 0.3) is 0 Å². The number of nitrogen functional groups attached to an aromatic ring is 2. The molecule has 60 valence electrons. The minimum atomic E-state index is -0.109. The third-order valence-electron chi connectivity index (χ3n) is 1.14. The van der Waals surface area contributed by atoms with Crippen LogP contribution in [0.4, 0.5) is 17.3 Å². The molecule has 0 spiro atoms. The molecule has 1 aromatic heterocycles. The summed E-state index contributed by atoms with van der Waals surface area (Å²) in [6.07, 6.45) is 0. The molecule has 0 aliphatic rings. The molecule has 1 heterocycles. The molecule has 1 rings (SSSR count). The van der Waals surface area contributed by atoms with E-state index in [0.717, 1.165) is 0 Å². The van der Waals surface area contributed by atoms with Gasteiger partial charge < -0.3 is 11.5 Å². The zero-order chi connectivity index (χ0) is 8.43. The van der Waals surface area contributed by atoms with E-state index in [9.17, 15) is 0 Å². The van der Waals surface area contributed by atoms with Crippen LogP contribution in [0.2, 0.25) is 0 Å². The summed E-state index contributed by atoms with van der Waals surface area (Å²) in [4.78, 5) is 3.59. The SMILES string of the molecule is Nc1ccc(N(O)O)c(N)n1. The second kappa shape index (κ2) is 2.60. The van der Waals surface area contributed by atoms with Crippen LogP contribution in [0.1, 0.15) is 0 Å². The molecule has 0 aliphatic carbocycles. The van der Waals surface area contributed by atoms with Gasteiger partial charge in [0.2, 0.25) is 0 Å². The fourth-order valence-corrected chi connectivity index (χ4v) is 0.652. The summed E-state index contributed by atoms with van der Waals surface area (Å²) in [7, 11) is 0. The predicted octanol–water partition coefficient (Wildman–Crippen LogP) is -0.169.